The van der Waals surface area contributed by atoms with Gasteiger partial charge in [-0.05, 0) is 44.1 Å². The van der Waals surface area contributed by atoms with Gasteiger partial charge in [-0.1, -0.05) is 11.6 Å². The number of carboxylic acids is 1. The second kappa shape index (κ2) is 5.20. The highest BCUT2D eigenvalue weighted by Gasteiger charge is 2.64. The second-order valence-corrected chi connectivity index (χ2v) is 9.34. The van der Waals surface area contributed by atoms with Crippen molar-refractivity contribution < 1.29 is 9.90 Å². The van der Waals surface area contributed by atoms with Crippen LogP contribution in [0.4, 0.5) is 11.8 Å². The summed E-state index contributed by atoms with van der Waals surface area (Å²) in [5.74, 6) is 0.788. The van der Waals surface area contributed by atoms with Crippen LogP contribution < -0.4 is 10.2 Å². The van der Waals surface area contributed by atoms with Crippen LogP contribution in [0.25, 0.3) is 10.2 Å². The van der Waals surface area contributed by atoms with E-state index < -0.39 is 5.97 Å². The molecule has 3 heterocycles. The third-order valence-electron chi connectivity index (χ3n) is 6.06. The zero-order valence-corrected chi connectivity index (χ0v) is 15.4. The minimum absolute atomic E-state index is 0.0384. The number of halogens is 1. The summed E-state index contributed by atoms with van der Waals surface area (Å²) in [5.41, 5.74) is 0.0384. The summed E-state index contributed by atoms with van der Waals surface area (Å²) >= 11 is 7.67. The number of anilines is 2. The molecule has 3 aliphatic rings. The highest BCUT2D eigenvalue weighted by molar-refractivity contribution is 7.22. The number of aliphatic carboxylic acids is 1. The maximum atomic E-state index is 11.1. The van der Waals surface area contributed by atoms with Gasteiger partial charge in [-0.2, -0.15) is 4.98 Å². The number of fused-ring (bicyclic) bond motifs is 1. The molecule has 1 spiro atoms. The topological polar surface area (TPSA) is 78.4 Å². The molecule has 0 aromatic carbocycles. The minimum Gasteiger partial charge on any atom is -0.481 e. The van der Waals surface area contributed by atoms with Crippen LogP contribution in [0.15, 0.2) is 6.07 Å². The van der Waals surface area contributed by atoms with Crippen LogP contribution in [0.3, 0.4) is 0 Å². The van der Waals surface area contributed by atoms with Gasteiger partial charge in [0.25, 0.3) is 0 Å². The second-order valence-electron chi connectivity index (χ2n) is 7.68. The summed E-state index contributed by atoms with van der Waals surface area (Å²) in [6.45, 7) is 3.17. The first-order chi connectivity index (χ1) is 11.9. The first kappa shape index (κ1) is 15.6. The fourth-order valence-corrected chi connectivity index (χ4v) is 5.38. The molecule has 2 aromatic heterocycles. The number of aromatic nitrogens is 2. The van der Waals surface area contributed by atoms with Gasteiger partial charge in [-0.25, -0.2) is 4.98 Å². The van der Waals surface area contributed by atoms with E-state index >= 15 is 0 Å². The number of carbonyl (C=O) groups is 1. The van der Waals surface area contributed by atoms with Crippen molar-refractivity contribution in [3.05, 3.63) is 10.4 Å². The van der Waals surface area contributed by atoms with Crippen molar-refractivity contribution in [2.75, 3.05) is 16.8 Å². The lowest BCUT2D eigenvalue weighted by molar-refractivity contribution is -0.140. The number of carboxylic acid groups (broad SMARTS) is 1. The molecule has 6 nitrogen and oxygen atoms in total. The maximum Gasteiger partial charge on any atom is 0.307 e. The molecular weight excluding hydrogens is 360 g/mol. The molecule has 1 saturated heterocycles. The third kappa shape index (κ3) is 2.39. The van der Waals surface area contributed by atoms with Crippen LogP contribution in [-0.2, 0) is 4.79 Å². The van der Waals surface area contributed by atoms with Crippen LogP contribution in [0, 0.1) is 11.3 Å². The fourth-order valence-electron chi connectivity index (χ4n) is 4.30. The van der Waals surface area contributed by atoms with E-state index in [9.17, 15) is 9.90 Å². The van der Waals surface area contributed by atoms with Crippen molar-refractivity contribution in [1.29, 1.82) is 0 Å². The lowest BCUT2D eigenvalue weighted by Gasteiger charge is -2.39. The Kier molecular flexibility index (Phi) is 3.26. The largest absolute Gasteiger partial charge is 0.481 e. The van der Waals surface area contributed by atoms with Gasteiger partial charge in [-0.15, -0.1) is 11.3 Å². The van der Waals surface area contributed by atoms with Crippen molar-refractivity contribution in [3.63, 3.8) is 0 Å². The molecule has 0 amide bonds. The normalized spacial score (nSPS) is 33.2. The summed E-state index contributed by atoms with van der Waals surface area (Å²) in [5, 5.41) is 13.7. The Labute approximate surface area is 154 Å². The molecule has 2 aromatic rings. The molecule has 132 valence electrons. The van der Waals surface area contributed by atoms with Gasteiger partial charge in [-0.3, -0.25) is 4.79 Å². The smallest absolute Gasteiger partial charge is 0.307 e. The molecule has 2 aliphatic carbocycles. The fraction of sp³-hybridized carbons (Fsp3) is 0.588. The van der Waals surface area contributed by atoms with E-state index in [4.69, 9.17) is 16.6 Å². The quantitative estimate of drug-likeness (QED) is 0.846. The van der Waals surface area contributed by atoms with Gasteiger partial charge < -0.3 is 15.3 Å². The molecule has 1 unspecified atom stereocenters. The molecule has 1 aliphatic heterocycles. The number of rotatable bonds is 4. The number of hydrogen-bond donors (Lipinski definition) is 2. The predicted molar refractivity (Wildman–Crippen MR) is 98.7 cm³/mol. The Morgan fingerprint density at radius 3 is 2.84 bits per heavy atom. The lowest BCUT2D eigenvalue weighted by atomic mass is 9.75. The zero-order chi connectivity index (χ0) is 17.3. The molecular formula is C17H19ClN4O2S. The van der Waals surface area contributed by atoms with E-state index in [0.29, 0.717) is 10.4 Å². The molecule has 8 heteroatoms. The summed E-state index contributed by atoms with van der Waals surface area (Å²) in [6, 6.07) is 2.66. The molecule has 5 rings (SSSR count). The number of nitrogens with one attached hydrogen (secondary N) is 1. The monoisotopic (exact) mass is 378 g/mol. The Balaban J connectivity index is 1.40. The molecule has 2 atom stereocenters. The van der Waals surface area contributed by atoms with Crippen LogP contribution in [-0.4, -0.2) is 39.7 Å². The molecule has 25 heavy (non-hydrogen) atoms. The van der Waals surface area contributed by atoms with Crippen LogP contribution >= 0.6 is 22.9 Å². The number of nitrogens with zero attached hydrogens (tertiary/aromatic N) is 3. The lowest BCUT2D eigenvalue weighted by Crippen LogP contribution is -2.46. The van der Waals surface area contributed by atoms with Crippen molar-refractivity contribution in [1.82, 2.24) is 9.97 Å². The zero-order valence-electron chi connectivity index (χ0n) is 13.8. The first-order valence-electron chi connectivity index (χ1n) is 8.68. The number of thiophene rings is 1. The summed E-state index contributed by atoms with van der Waals surface area (Å²) < 4.78 is 0.708. The Morgan fingerprint density at radius 2 is 2.24 bits per heavy atom. The Hall–Kier alpha value is -1.60. The third-order valence-corrected chi connectivity index (χ3v) is 7.22. The summed E-state index contributed by atoms with van der Waals surface area (Å²) in [4.78, 5) is 23.7. The molecule has 0 bridgehead atoms. The molecule has 2 N–H and O–H groups in total. The summed E-state index contributed by atoms with van der Waals surface area (Å²) in [6.07, 6.45) is 3.79. The van der Waals surface area contributed by atoms with Gasteiger partial charge >= 0.3 is 5.97 Å². The van der Waals surface area contributed by atoms with Gasteiger partial charge in [0.05, 0.1) is 15.6 Å². The van der Waals surface area contributed by atoms with E-state index in [1.807, 2.05) is 6.07 Å². The van der Waals surface area contributed by atoms with Gasteiger partial charge in [0.1, 0.15) is 10.6 Å². The predicted octanol–water partition coefficient (Wildman–Crippen LogP) is 3.61. The SMILES string of the molecule is C[C@H]1CCN1c1nc(NC2CC3(C2)CC3C(=O)O)c2cc(Cl)sc2n1. The van der Waals surface area contributed by atoms with Crippen LogP contribution in [0.1, 0.15) is 32.6 Å². The average molecular weight is 379 g/mol. The average Bonchev–Trinajstić information content (AvgIpc) is 3.14. The maximum absolute atomic E-state index is 11.1. The van der Waals surface area contributed by atoms with Crippen molar-refractivity contribution >= 4 is 50.9 Å². The summed E-state index contributed by atoms with van der Waals surface area (Å²) in [7, 11) is 0. The van der Waals surface area contributed by atoms with E-state index in [-0.39, 0.29) is 17.4 Å². The van der Waals surface area contributed by atoms with E-state index in [1.54, 1.807) is 0 Å². The minimum atomic E-state index is -0.651. The van der Waals surface area contributed by atoms with E-state index in [1.165, 1.54) is 11.3 Å². The van der Waals surface area contributed by atoms with Gasteiger partial charge in [0.15, 0.2) is 0 Å². The molecule has 0 radical (unpaired) electrons. The highest BCUT2D eigenvalue weighted by Crippen LogP contribution is 2.65. The Morgan fingerprint density at radius 1 is 1.44 bits per heavy atom. The van der Waals surface area contributed by atoms with E-state index in [0.717, 1.165) is 54.2 Å². The molecule has 3 fully saturated rings. The standard InChI is InChI=1S/C17H19ClN4O2S/c1-8-2-3-22(8)16-20-13(10-4-12(18)25-14(10)21-16)19-9-5-17(6-9)7-11(17)15(23)24/h4,8-9,11H,2-3,5-7H2,1H3,(H,23,24)(H,19,20,21)/t8-,9?,11?,17?/m0/s1. The van der Waals surface area contributed by atoms with Crippen LogP contribution in [0.5, 0.6) is 0 Å². The number of hydrogen-bond acceptors (Lipinski definition) is 6. The highest BCUT2D eigenvalue weighted by atomic mass is 35.5. The van der Waals surface area contributed by atoms with Crippen molar-refractivity contribution in [2.24, 2.45) is 11.3 Å². The molecule has 2 saturated carbocycles. The Bertz CT molecular complexity index is 879. The first-order valence-corrected chi connectivity index (χ1v) is 9.88. The van der Waals surface area contributed by atoms with E-state index in [2.05, 4.69) is 22.1 Å². The van der Waals surface area contributed by atoms with Gasteiger partial charge in [0.2, 0.25) is 5.95 Å². The van der Waals surface area contributed by atoms with Gasteiger partial charge in [0, 0.05) is 18.6 Å². The van der Waals surface area contributed by atoms with Crippen molar-refractivity contribution in [3.8, 4) is 0 Å². The van der Waals surface area contributed by atoms with Crippen LogP contribution in [0.2, 0.25) is 4.34 Å². The van der Waals surface area contributed by atoms with Crippen molar-refractivity contribution in [2.45, 2.75) is 44.7 Å².